The molecule has 1 aliphatic rings. The van der Waals surface area contributed by atoms with Crippen molar-refractivity contribution in [3.8, 4) is 0 Å². The molecule has 1 aliphatic carbocycles. The summed E-state index contributed by atoms with van der Waals surface area (Å²) in [7, 11) is -6.43. The Kier molecular flexibility index (Phi) is 2.60. The van der Waals surface area contributed by atoms with Crippen LogP contribution in [0.25, 0.3) is 0 Å². The minimum atomic E-state index is -6.43. The van der Waals surface area contributed by atoms with Gasteiger partial charge in [0.2, 0.25) is 0 Å². The highest BCUT2D eigenvalue weighted by Gasteiger charge is 2.76. The van der Waals surface area contributed by atoms with E-state index in [9.17, 15) is 39.3 Å². The summed E-state index contributed by atoms with van der Waals surface area (Å²) in [5, 5.41) is -5.16. The Morgan fingerprint density at radius 2 is 1.56 bits per heavy atom. The number of hydrogen-bond donors (Lipinski definition) is 0. The number of allylic oxidation sites excluding steroid dienone is 1. The second-order valence-corrected chi connectivity index (χ2v) is 4.56. The molecule has 1 rings (SSSR count). The first-order chi connectivity index (χ1) is 6.88. The van der Waals surface area contributed by atoms with Crippen molar-refractivity contribution in [3.63, 3.8) is 0 Å². The molecule has 16 heavy (non-hydrogen) atoms. The molecular formula is C6H3F6O3S-. The standard InChI is InChI=1S/C6H4F6O3S/c7-3-1-2-4(8,16(13,14)15)6(11,12)5(3,9)10/h1-3H,(H,13,14,15)/p-1. The molecule has 0 bridgehead atoms. The average molecular weight is 269 g/mol. The van der Waals surface area contributed by atoms with Crippen molar-refractivity contribution in [2.75, 3.05) is 0 Å². The molecule has 0 saturated heterocycles. The largest absolute Gasteiger partial charge is 0.745 e. The third kappa shape index (κ3) is 1.35. The molecule has 0 aromatic carbocycles. The van der Waals surface area contributed by atoms with E-state index in [0.29, 0.717) is 0 Å². The highest BCUT2D eigenvalue weighted by atomic mass is 32.2. The molecule has 0 amide bonds. The SMILES string of the molecule is O=S(=O)([O-])C1(F)C=CC(F)C(F)(F)C1(F)F. The molecular weight excluding hydrogens is 266 g/mol. The van der Waals surface area contributed by atoms with E-state index in [2.05, 4.69) is 0 Å². The molecule has 0 N–H and O–H groups in total. The van der Waals surface area contributed by atoms with E-state index in [-0.39, 0.29) is 0 Å². The van der Waals surface area contributed by atoms with Gasteiger partial charge in [0, 0.05) is 0 Å². The summed E-state index contributed by atoms with van der Waals surface area (Å²) in [5.74, 6) is -11.6. The molecule has 0 heterocycles. The fourth-order valence-corrected chi connectivity index (χ4v) is 1.77. The minimum absolute atomic E-state index is 0.424. The molecule has 10 heteroatoms. The number of rotatable bonds is 1. The maximum absolute atomic E-state index is 13.1. The van der Waals surface area contributed by atoms with Gasteiger partial charge in [-0.1, -0.05) is 0 Å². The van der Waals surface area contributed by atoms with Crippen LogP contribution in [0, 0.1) is 0 Å². The van der Waals surface area contributed by atoms with Crippen LogP contribution in [0.4, 0.5) is 26.3 Å². The molecule has 0 aromatic rings. The van der Waals surface area contributed by atoms with Crippen molar-refractivity contribution in [1.29, 1.82) is 0 Å². The van der Waals surface area contributed by atoms with Gasteiger partial charge in [0.1, 0.15) is 10.1 Å². The minimum Gasteiger partial charge on any atom is -0.745 e. The summed E-state index contributed by atoms with van der Waals surface area (Å²) in [4.78, 5) is 0. The van der Waals surface area contributed by atoms with E-state index in [1.165, 1.54) is 0 Å². The summed E-state index contributed by atoms with van der Waals surface area (Å²) < 4.78 is 107. The lowest BCUT2D eigenvalue weighted by atomic mass is 9.95. The van der Waals surface area contributed by atoms with E-state index >= 15 is 0 Å². The van der Waals surface area contributed by atoms with Crippen molar-refractivity contribution in [2.24, 2.45) is 0 Å². The van der Waals surface area contributed by atoms with Crippen molar-refractivity contribution in [1.82, 2.24) is 0 Å². The predicted molar refractivity (Wildman–Crippen MR) is 37.5 cm³/mol. The van der Waals surface area contributed by atoms with Gasteiger partial charge in [0.15, 0.2) is 6.17 Å². The first-order valence-electron chi connectivity index (χ1n) is 3.61. The summed E-state index contributed by atoms with van der Waals surface area (Å²) in [6.45, 7) is 0. The Balaban J connectivity index is 3.53. The Hall–Kier alpha value is -0.770. The van der Waals surface area contributed by atoms with E-state index in [0.717, 1.165) is 0 Å². The van der Waals surface area contributed by atoms with Crippen LogP contribution in [0.5, 0.6) is 0 Å². The van der Waals surface area contributed by atoms with Crippen LogP contribution in [0.1, 0.15) is 0 Å². The Labute approximate surface area is 85.5 Å². The smallest absolute Gasteiger partial charge is 0.363 e. The van der Waals surface area contributed by atoms with Gasteiger partial charge >= 0.3 is 11.8 Å². The highest BCUT2D eigenvalue weighted by Crippen LogP contribution is 2.52. The van der Waals surface area contributed by atoms with E-state index in [1.54, 1.807) is 0 Å². The number of alkyl halides is 6. The molecule has 0 aromatic heterocycles. The summed E-state index contributed by atoms with van der Waals surface area (Å²) in [6, 6.07) is 0. The molecule has 94 valence electrons. The molecule has 0 fully saturated rings. The lowest BCUT2D eigenvalue weighted by molar-refractivity contribution is -0.264. The van der Waals surface area contributed by atoms with E-state index in [4.69, 9.17) is 0 Å². The quantitative estimate of drug-likeness (QED) is 0.410. The Morgan fingerprint density at radius 3 is 1.94 bits per heavy atom. The van der Waals surface area contributed by atoms with Gasteiger partial charge in [-0.05, 0) is 12.2 Å². The van der Waals surface area contributed by atoms with Gasteiger partial charge in [-0.25, -0.2) is 17.2 Å². The van der Waals surface area contributed by atoms with Crippen LogP contribution >= 0.6 is 0 Å². The van der Waals surface area contributed by atoms with E-state index < -0.39 is 45.3 Å². The summed E-state index contributed by atoms with van der Waals surface area (Å²) in [5.41, 5.74) is 0. The lowest BCUT2D eigenvalue weighted by Gasteiger charge is -2.40. The average Bonchev–Trinajstić information content (AvgIpc) is 2.08. The highest BCUT2D eigenvalue weighted by molar-refractivity contribution is 7.87. The molecule has 0 radical (unpaired) electrons. The normalized spacial score (nSPS) is 37.3. The van der Waals surface area contributed by atoms with Crippen molar-refractivity contribution < 1.29 is 39.3 Å². The third-order valence-electron chi connectivity index (χ3n) is 2.04. The number of hydrogen-bond acceptors (Lipinski definition) is 3. The maximum Gasteiger partial charge on any atom is 0.363 e. The molecule has 0 aliphatic heterocycles. The van der Waals surface area contributed by atoms with Gasteiger partial charge < -0.3 is 4.55 Å². The zero-order valence-electron chi connectivity index (χ0n) is 7.13. The number of halogens is 6. The van der Waals surface area contributed by atoms with Gasteiger partial charge in [0.05, 0.1) is 0 Å². The van der Waals surface area contributed by atoms with Crippen molar-refractivity contribution >= 4 is 10.1 Å². The third-order valence-corrected chi connectivity index (χ3v) is 3.16. The Bertz CT molecular complexity index is 430. The van der Waals surface area contributed by atoms with Gasteiger partial charge in [-0.15, -0.1) is 0 Å². The van der Waals surface area contributed by atoms with Gasteiger partial charge in [-0.3, -0.25) is 0 Å². The van der Waals surface area contributed by atoms with Gasteiger partial charge in [-0.2, -0.15) is 17.6 Å². The first kappa shape index (κ1) is 13.3. The van der Waals surface area contributed by atoms with Gasteiger partial charge in [0.25, 0.3) is 5.00 Å². The second-order valence-electron chi connectivity index (χ2n) is 3.06. The lowest BCUT2D eigenvalue weighted by Crippen LogP contribution is -2.64. The second kappa shape index (κ2) is 3.13. The van der Waals surface area contributed by atoms with Crippen LogP contribution in [0.2, 0.25) is 0 Å². The van der Waals surface area contributed by atoms with Crippen LogP contribution in [-0.4, -0.2) is 36.0 Å². The zero-order chi connectivity index (χ0) is 13.0. The first-order valence-corrected chi connectivity index (χ1v) is 5.02. The molecule has 2 unspecified atom stereocenters. The van der Waals surface area contributed by atoms with Crippen molar-refractivity contribution in [3.05, 3.63) is 12.2 Å². The summed E-state index contributed by atoms with van der Waals surface area (Å²) in [6.07, 6.45) is -4.70. The monoisotopic (exact) mass is 269 g/mol. The van der Waals surface area contributed by atoms with Crippen LogP contribution < -0.4 is 0 Å². The molecule has 2 atom stereocenters. The van der Waals surface area contributed by atoms with E-state index in [1.807, 2.05) is 0 Å². The van der Waals surface area contributed by atoms with Crippen LogP contribution in [0.3, 0.4) is 0 Å². The fourth-order valence-electron chi connectivity index (χ4n) is 1.07. The molecule has 0 saturated carbocycles. The van der Waals surface area contributed by atoms with Crippen molar-refractivity contribution in [2.45, 2.75) is 23.0 Å². The fraction of sp³-hybridized carbons (Fsp3) is 0.667. The maximum atomic E-state index is 13.1. The van der Waals surface area contributed by atoms with Crippen LogP contribution in [0.15, 0.2) is 12.2 Å². The predicted octanol–water partition coefficient (Wildman–Crippen LogP) is 1.38. The summed E-state index contributed by atoms with van der Waals surface area (Å²) >= 11 is 0. The molecule has 3 nitrogen and oxygen atoms in total. The Morgan fingerprint density at radius 1 is 1.12 bits per heavy atom. The molecule has 0 spiro atoms. The van der Waals surface area contributed by atoms with Crippen LogP contribution in [-0.2, 0) is 10.1 Å². The zero-order valence-corrected chi connectivity index (χ0v) is 7.95. The topological polar surface area (TPSA) is 57.2 Å².